The van der Waals surface area contributed by atoms with Crippen LogP contribution in [0.1, 0.15) is 29.2 Å². The van der Waals surface area contributed by atoms with E-state index in [4.69, 9.17) is 16.9 Å². The number of likely N-dealkylation sites (tertiary alicyclic amines) is 1. The van der Waals surface area contributed by atoms with Crippen LogP contribution in [0, 0.1) is 17.2 Å². The highest BCUT2D eigenvalue weighted by Gasteiger charge is 2.39. The zero-order chi connectivity index (χ0) is 21.6. The molecule has 0 bridgehead atoms. The molecule has 5 heteroatoms. The molecule has 1 saturated heterocycles. The first-order valence-corrected chi connectivity index (χ1v) is 11.6. The summed E-state index contributed by atoms with van der Waals surface area (Å²) in [5.74, 6) is -0.0932. The van der Waals surface area contributed by atoms with E-state index in [2.05, 4.69) is 35.2 Å². The molecule has 31 heavy (non-hydrogen) atoms. The van der Waals surface area contributed by atoms with E-state index in [1.165, 1.54) is 17.3 Å². The number of nitrogens with zero attached hydrogens (tertiary/aromatic N) is 2. The molecule has 0 N–H and O–H groups in total. The third kappa shape index (κ3) is 5.37. The van der Waals surface area contributed by atoms with Crippen molar-refractivity contribution in [2.45, 2.75) is 23.8 Å². The molecule has 4 rings (SSSR count). The Balaban J connectivity index is 1.54. The minimum absolute atomic E-state index is 0.0174. The molecule has 3 aromatic rings. The summed E-state index contributed by atoms with van der Waals surface area (Å²) in [4.78, 5) is 16.6. The van der Waals surface area contributed by atoms with E-state index < -0.39 is 0 Å². The number of benzene rings is 3. The second-order valence-electron chi connectivity index (χ2n) is 7.72. The Hall–Kier alpha value is -2.58. The lowest BCUT2D eigenvalue weighted by atomic mass is 9.94. The molecule has 1 aliphatic heterocycles. The summed E-state index contributed by atoms with van der Waals surface area (Å²) in [6.07, 6.45) is 1.78. The summed E-state index contributed by atoms with van der Waals surface area (Å²) in [5, 5.41) is 10.00. The first-order valence-electron chi connectivity index (χ1n) is 10.4. The van der Waals surface area contributed by atoms with Gasteiger partial charge in [0.2, 0.25) is 0 Å². The van der Waals surface area contributed by atoms with Crippen LogP contribution in [0.3, 0.4) is 0 Å². The van der Waals surface area contributed by atoms with Crippen LogP contribution < -0.4 is 0 Å². The van der Waals surface area contributed by atoms with Gasteiger partial charge in [0.1, 0.15) is 0 Å². The van der Waals surface area contributed by atoms with E-state index in [-0.39, 0.29) is 17.1 Å². The van der Waals surface area contributed by atoms with Crippen LogP contribution in [0.4, 0.5) is 0 Å². The molecule has 3 aromatic carbocycles. The summed E-state index contributed by atoms with van der Waals surface area (Å²) in [6, 6.07) is 27.7. The summed E-state index contributed by atoms with van der Waals surface area (Å²) in [6.45, 7) is 1.78. The zero-order valence-corrected chi connectivity index (χ0v) is 18.6. The maximum Gasteiger partial charge on any atom is 0.198 e. The molecule has 0 amide bonds. The molecule has 0 spiro atoms. The average molecular weight is 447 g/mol. The minimum Gasteiger partial charge on any atom is -0.295 e. The summed E-state index contributed by atoms with van der Waals surface area (Å²) < 4.78 is 0. The third-order valence-electron chi connectivity index (χ3n) is 5.75. The maximum atomic E-state index is 13.3. The third-order valence-corrected chi connectivity index (χ3v) is 7.01. The van der Waals surface area contributed by atoms with Crippen molar-refractivity contribution in [3.8, 4) is 6.07 Å². The molecule has 1 aliphatic rings. The fraction of sp³-hybridized carbons (Fsp3) is 0.231. The maximum absolute atomic E-state index is 13.3. The SMILES string of the molecule is N#Cc1ccc([C@@H]2[C@H](C(=O)Sc3ccc(Cl)cc3)CCN2CCc2ccccc2)cc1. The highest BCUT2D eigenvalue weighted by molar-refractivity contribution is 8.13. The Morgan fingerprint density at radius 1 is 1.03 bits per heavy atom. The molecule has 0 aliphatic carbocycles. The lowest BCUT2D eigenvalue weighted by molar-refractivity contribution is -0.115. The van der Waals surface area contributed by atoms with Crippen LogP contribution in [0.15, 0.2) is 83.8 Å². The molecule has 0 unspecified atom stereocenters. The van der Waals surface area contributed by atoms with Crippen molar-refractivity contribution in [2.24, 2.45) is 5.92 Å². The standard InChI is InChI=1S/C26H23ClN2OS/c27-22-10-12-23(13-11-22)31-26(30)24-15-17-29(16-14-19-4-2-1-3-5-19)25(24)21-8-6-20(18-28)7-9-21/h1-13,24-25H,14-17H2/t24-,25-/m1/s1. The highest BCUT2D eigenvalue weighted by Crippen LogP contribution is 2.41. The number of halogens is 1. The van der Waals surface area contributed by atoms with Gasteiger partial charge in [-0.15, -0.1) is 0 Å². The number of carbonyl (C=O) groups is 1. The van der Waals surface area contributed by atoms with E-state index in [9.17, 15) is 4.79 Å². The number of hydrogen-bond acceptors (Lipinski definition) is 4. The van der Waals surface area contributed by atoms with Gasteiger partial charge in [-0.2, -0.15) is 5.26 Å². The van der Waals surface area contributed by atoms with E-state index >= 15 is 0 Å². The molecule has 2 atom stereocenters. The lowest BCUT2D eigenvalue weighted by Gasteiger charge is -2.28. The van der Waals surface area contributed by atoms with Crippen LogP contribution in [-0.2, 0) is 11.2 Å². The number of hydrogen-bond donors (Lipinski definition) is 0. The molecule has 156 valence electrons. The van der Waals surface area contributed by atoms with Crippen molar-refractivity contribution in [3.05, 3.63) is 101 Å². The molecule has 3 nitrogen and oxygen atoms in total. The van der Waals surface area contributed by atoms with Gasteiger partial charge in [-0.05, 0) is 66.9 Å². The number of nitriles is 1. The van der Waals surface area contributed by atoms with Crippen molar-refractivity contribution < 1.29 is 4.79 Å². The van der Waals surface area contributed by atoms with Crippen molar-refractivity contribution in [3.63, 3.8) is 0 Å². The van der Waals surface area contributed by atoms with Gasteiger partial charge in [0.05, 0.1) is 11.6 Å². The highest BCUT2D eigenvalue weighted by atomic mass is 35.5. The second kappa shape index (κ2) is 10.2. The molecular weight excluding hydrogens is 424 g/mol. The molecule has 1 fully saturated rings. The predicted molar refractivity (Wildman–Crippen MR) is 126 cm³/mol. The summed E-state index contributed by atoms with van der Waals surface area (Å²) in [7, 11) is 0. The first-order chi connectivity index (χ1) is 15.1. The zero-order valence-electron chi connectivity index (χ0n) is 17.1. The van der Waals surface area contributed by atoms with E-state index in [0.29, 0.717) is 10.6 Å². The van der Waals surface area contributed by atoms with Crippen LogP contribution in [0.25, 0.3) is 0 Å². The van der Waals surface area contributed by atoms with Gasteiger partial charge in [-0.25, -0.2) is 0 Å². The monoisotopic (exact) mass is 446 g/mol. The normalized spacial score (nSPS) is 18.6. The Bertz CT molecular complexity index is 1060. The van der Waals surface area contributed by atoms with Crippen LogP contribution in [0.2, 0.25) is 5.02 Å². The first kappa shape index (κ1) is 21.6. The van der Waals surface area contributed by atoms with Crippen molar-refractivity contribution in [2.75, 3.05) is 13.1 Å². The Morgan fingerprint density at radius 2 is 1.74 bits per heavy atom. The topological polar surface area (TPSA) is 44.1 Å². The largest absolute Gasteiger partial charge is 0.295 e. The number of carbonyl (C=O) groups excluding carboxylic acids is 1. The van der Waals surface area contributed by atoms with Gasteiger partial charge in [0, 0.05) is 28.4 Å². The van der Waals surface area contributed by atoms with Gasteiger partial charge < -0.3 is 0 Å². The fourth-order valence-corrected chi connectivity index (χ4v) is 5.19. The quantitative estimate of drug-likeness (QED) is 0.427. The van der Waals surface area contributed by atoms with Gasteiger partial charge in [-0.3, -0.25) is 9.69 Å². The second-order valence-corrected chi connectivity index (χ2v) is 9.23. The predicted octanol–water partition coefficient (Wildman–Crippen LogP) is 6.14. The average Bonchev–Trinajstić information content (AvgIpc) is 3.24. The van der Waals surface area contributed by atoms with Crippen molar-refractivity contribution in [1.29, 1.82) is 5.26 Å². The fourth-order valence-electron chi connectivity index (χ4n) is 4.16. The van der Waals surface area contributed by atoms with Crippen molar-refractivity contribution >= 4 is 28.5 Å². The number of rotatable bonds is 6. The molecular formula is C26H23ClN2OS. The molecule has 0 radical (unpaired) electrons. The summed E-state index contributed by atoms with van der Waals surface area (Å²) in [5.41, 5.74) is 3.03. The smallest absolute Gasteiger partial charge is 0.198 e. The van der Waals surface area contributed by atoms with E-state index in [0.717, 1.165) is 36.4 Å². The Morgan fingerprint density at radius 3 is 2.42 bits per heavy atom. The van der Waals surface area contributed by atoms with Crippen LogP contribution >= 0.6 is 23.4 Å². The summed E-state index contributed by atoms with van der Waals surface area (Å²) >= 11 is 7.28. The number of thioether (sulfide) groups is 1. The van der Waals surface area contributed by atoms with Gasteiger partial charge in [-0.1, -0.05) is 65.8 Å². The Labute approximate surface area is 192 Å². The molecule has 0 aromatic heterocycles. The van der Waals surface area contributed by atoms with Gasteiger partial charge in [0.25, 0.3) is 0 Å². The van der Waals surface area contributed by atoms with Crippen LogP contribution in [0.5, 0.6) is 0 Å². The van der Waals surface area contributed by atoms with Crippen LogP contribution in [-0.4, -0.2) is 23.1 Å². The van der Waals surface area contributed by atoms with E-state index in [1.807, 2.05) is 54.6 Å². The Kier molecular flexibility index (Phi) is 7.09. The van der Waals surface area contributed by atoms with Gasteiger partial charge >= 0.3 is 0 Å². The molecule has 0 saturated carbocycles. The van der Waals surface area contributed by atoms with Crippen molar-refractivity contribution in [1.82, 2.24) is 4.90 Å². The van der Waals surface area contributed by atoms with Gasteiger partial charge in [0.15, 0.2) is 5.12 Å². The lowest BCUT2D eigenvalue weighted by Crippen LogP contribution is -2.29. The van der Waals surface area contributed by atoms with E-state index in [1.54, 1.807) is 0 Å². The molecule has 1 heterocycles. The minimum atomic E-state index is -0.0932.